The molecule has 0 saturated heterocycles. The number of hydrogen-bond donors (Lipinski definition) is 1. The highest BCUT2D eigenvalue weighted by molar-refractivity contribution is 8.13. The Labute approximate surface area is 165 Å². The van der Waals surface area contributed by atoms with Gasteiger partial charge in [-0.05, 0) is 56.2 Å². The van der Waals surface area contributed by atoms with Crippen LogP contribution in [0.1, 0.15) is 36.8 Å². The minimum atomic E-state index is -0.272. The predicted molar refractivity (Wildman–Crippen MR) is 116 cm³/mol. The second kappa shape index (κ2) is 7.04. The van der Waals surface area contributed by atoms with E-state index in [1.54, 1.807) is 17.8 Å². The van der Waals surface area contributed by atoms with Gasteiger partial charge < -0.3 is 10.0 Å². The van der Waals surface area contributed by atoms with Crippen LogP contribution in [-0.4, -0.2) is 27.9 Å². The second-order valence-corrected chi connectivity index (χ2v) is 8.11. The molecule has 1 saturated carbocycles. The van der Waals surface area contributed by atoms with Crippen LogP contribution in [0.5, 0.6) is 5.75 Å². The molecule has 2 aliphatic rings. The summed E-state index contributed by atoms with van der Waals surface area (Å²) in [4.78, 5) is 12.3. The van der Waals surface area contributed by atoms with E-state index in [-0.39, 0.29) is 5.54 Å². The maximum Gasteiger partial charge on any atom is 0.171 e. The fourth-order valence-electron chi connectivity index (χ4n) is 4.28. The molecule has 5 heteroatoms. The summed E-state index contributed by atoms with van der Waals surface area (Å²) in [5, 5.41) is 11.5. The Hall–Kier alpha value is -2.27. The maximum absolute atomic E-state index is 10.5. The van der Waals surface area contributed by atoms with Crippen LogP contribution in [0.25, 0.3) is 0 Å². The van der Waals surface area contributed by atoms with Crippen molar-refractivity contribution in [1.82, 2.24) is 0 Å². The zero-order valence-corrected chi connectivity index (χ0v) is 16.9. The minimum Gasteiger partial charge on any atom is -0.506 e. The van der Waals surface area contributed by atoms with E-state index in [9.17, 15) is 5.11 Å². The van der Waals surface area contributed by atoms with Gasteiger partial charge in [0.15, 0.2) is 11.0 Å². The number of benzene rings is 2. The van der Waals surface area contributed by atoms with Gasteiger partial charge in [-0.15, -0.1) is 0 Å². The topological polar surface area (TPSA) is 48.2 Å². The normalized spacial score (nSPS) is 19.9. The van der Waals surface area contributed by atoms with Crippen LogP contribution < -0.4 is 4.90 Å². The number of phenols is 1. The first-order valence-electron chi connectivity index (χ1n) is 9.43. The van der Waals surface area contributed by atoms with Crippen LogP contribution in [0.2, 0.25) is 0 Å². The molecule has 1 heterocycles. The molecule has 2 aromatic carbocycles. The van der Waals surface area contributed by atoms with E-state index in [0.29, 0.717) is 5.75 Å². The maximum atomic E-state index is 10.5. The standard InChI is InChI=1S/C22H25N3OS/c1-15-9-8-10-16(2)19(15)23-20-22(13-6-7-14-22)25(21(24-20)27-3)17-11-4-5-12-18(17)26/h4-5,8-12,26H,6-7,13-14H2,1-3H3. The third-order valence-corrected chi connectivity index (χ3v) is 6.27. The van der Waals surface area contributed by atoms with Gasteiger partial charge in [0.05, 0.1) is 11.4 Å². The molecular formula is C22H25N3OS. The molecule has 0 unspecified atom stereocenters. The number of aryl methyl sites for hydroxylation is 2. The molecular weight excluding hydrogens is 354 g/mol. The van der Waals surface area contributed by atoms with E-state index in [0.717, 1.165) is 59.2 Å². The van der Waals surface area contributed by atoms with E-state index in [2.05, 4.69) is 36.9 Å². The van der Waals surface area contributed by atoms with Crippen molar-refractivity contribution in [2.75, 3.05) is 11.2 Å². The number of phenolic OH excluding ortho intramolecular Hbond substituents is 1. The molecule has 1 N–H and O–H groups in total. The predicted octanol–water partition coefficient (Wildman–Crippen LogP) is 5.59. The molecule has 0 aromatic heterocycles. The van der Waals surface area contributed by atoms with Gasteiger partial charge in [-0.2, -0.15) is 0 Å². The van der Waals surface area contributed by atoms with Crippen molar-refractivity contribution in [3.63, 3.8) is 0 Å². The highest BCUT2D eigenvalue weighted by Crippen LogP contribution is 2.47. The van der Waals surface area contributed by atoms with Gasteiger partial charge in [0, 0.05) is 0 Å². The first-order chi connectivity index (χ1) is 13.1. The molecule has 1 spiro atoms. The fraction of sp³-hybridized carbons (Fsp3) is 0.364. The Morgan fingerprint density at radius 3 is 2.33 bits per heavy atom. The summed E-state index contributed by atoms with van der Waals surface area (Å²) in [7, 11) is 0. The Kier molecular flexibility index (Phi) is 4.72. The number of aromatic hydroxyl groups is 1. The monoisotopic (exact) mass is 379 g/mol. The molecule has 1 aliphatic heterocycles. The summed E-state index contributed by atoms with van der Waals surface area (Å²) in [5.74, 6) is 1.17. The lowest BCUT2D eigenvalue weighted by molar-refractivity contribution is 0.471. The number of nitrogens with zero attached hydrogens (tertiary/aromatic N) is 3. The van der Waals surface area contributed by atoms with E-state index in [4.69, 9.17) is 9.98 Å². The van der Waals surface area contributed by atoms with Crippen molar-refractivity contribution < 1.29 is 5.11 Å². The highest BCUT2D eigenvalue weighted by Gasteiger charge is 2.51. The molecule has 1 fully saturated rings. The van der Waals surface area contributed by atoms with E-state index >= 15 is 0 Å². The third kappa shape index (κ3) is 2.94. The summed E-state index contributed by atoms with van der Waals surface area (Å²) >= 11 is 1.61. The number of thioether (sulfide) groups is 1. The molecule has 0 bridgehead atoms. The van der Waals surface area contributed by atoms with Crippen LogP contribution >= 0.6 is 11.8 Å². The van der Waals surface area contributed by atoms with Crippen molar-refractivity contribution in [1.29, 1.82) is 0 Å². The average molecular weight is 380 g/mol. The van der Waals surface area contributed by atoms with Gasteiger partial charge in [0.1, 0.15) is 11.3 Å². The largest absolute Gasteiger partial charge is 0.506 e. The SMILES string of the molecule is CSC1=NC(=Nc2c(C)cccc2C)C2(CCCC2)N1c1ccccc1O. The molecule has 0 amide bonds. The van der Waals surface area contributed by atoms with Crippen LogP contribution in [0.15, 0.2) is 52.4 Å². The lowest BCUT2D eigenvalue weighted by Gasteiger charge is -2.36. The average Bonchev–Trinajstić information content (AvgIpc) is 3.25. The summed E-state index contributed by atoms with van der Waals surface area (Å²) in [6, 6.07) is 13.8. The summed E-state index contributed by atoms with van der Waals surface area (Å²) in [6.07, 6.45) is 6.33. The number of hydrogen-bond acceptors (Lipinski definition) is 4. The third-order valence-electron chi connectivity index (χ3n) is 5.63. The Morgan fingerprint density at radius 1 is 1.04 bits per heavy atom. The van der Waals surface area contributed by atoms with Crippen LogP contribution in [-0.2, 0) is 0 Å². The van der Waals surface area contributed by atoms with Gasteiger partial charge in [-0.25, -0.2) is 9.98 Å². The number of aliphatic imine (C=N–C) groups is 2. The van der Waals surface area contributed by atoms with Gasteiger partial charge >= 0.3 is 0 Å². The quantitative estimate of drug-likeness (QED) is 0.740. The van der Waals surface area contributed by atoms with Gasteiger partial charge in [0.2, 0.25) is 0 Å². The minimum absolute atomic E-state index is 0.272. The number of rotatable bonds is 2. The first kappa shape index (κ1) is 18.1. The van der Waals surface area contributed by atoms with Crippen LogP contribution in [0.4, 0.5) is 11.4 Å². The molecule has 27 heavy (non-hydrogen) atoms. The highest BCUT2D eigenvalue weighted by atomic mass is 32.2. The van der Waals surface area contributed by atoms with Crippen molar-refractivity contribution in [2.45, 2.75) is 45.1 Å². The second-order valence-electron chi connectivity index (χ2n) is 7.34. The van der Waals surface area contributed by atoms with Crippen molar-refractivity contribution in [2.24, 2.45) is 9.98 Å². The van der Waals surface area contributed by atoms with Crippen LogP contribution in [0, 0.1) is 13.8 Å². The summed E-state index contributed by atoms with van der Waals surface area (Å²) in [6.45, 7) is 4.20. The van der Waals surface area contributed by atoms with Gasteiger partial charge in [-0.1, -0.05) is 54.9 Å². The van der Waals surface area contributed by atoms with Crippen molar-refractivity contribution in [3.05, 3.63) is 53.6 Å². The molecule has 4 nitrogen and oxygen atoms in total. The lowest BCUT2D eigenvalue weighted by Crippen LogP contribution is -2.49. The molecule has 0 atom stereocenters. The van der Waals surface area contributed by atoms with Gasteiger partial charge in [-0.3, -0.25) is 0 Å². The number of amidine groups is 2. The number of anilines is 1. The van der Waals surface area contributed by atoms with E-state index < -0.39 is 0 Å². The van der Waals surface area contributed by atoms with E-state index in [1.165, 1.54) is 0 Å². The molecule has 1 aliphatic carbocycles. The summed E-state index contributed by atoms with van der Waals surface area (Å²) in [5.41, 5.74) is 3.89. The Balaban J connectivity index is 1.90. The fourth-order valence-corrected chi connectivity index (χ4v) is 4.91. The van der Waals surface area contributed by atoms with Crippen LogP contribution in [0.3, 0.4) is 0 Å². The molecule has 140 valence electrons. The van der Waals surface area contributed by atoms with E-state index in [1.807, 2.05) is 24.5 Å². The Bertz CT molecular complexity index is 909. The summed E-state index contributed by atoms with van der Waals surface area (Å²) < 4.78 is 0. The number of para-hydroxylation sites is 3. The Morgan fingerprint density at radius 2 is 1.70 bits per heavy atom. The zero-order valence-electron chi connectivity index (χ0n) is 16.1. The molecule has 0 radical (unpaired) electrons. The van der Waals surface area contributed by atoms with Crippen molar-refractivity contribution >= 4 is 34.1 Å². The zero-order chi connectivity index (χ0) is 19.0. The van der Waals surface area contributed by atoms with Crippen molar-refractivity contribution in [3.8, 4) is 5.75 Å². The lowest BCUT2D eigenvalue weighted by atomic mass is 9.93. The van der Waals surface area contributed by atoms with Gasteiger partial charge in [0.25, 0.3) is 0 Å². The smallest absolute Gasteiger partial charge is 0.171 e. The molecule has 2 aromatic rings. The molecule has 4 rings (SSSR count). The first-order valence-corrected chi connectivity index (χ1v) is 10.7.